The first-order chi connectivity index (χ1) is 8.88. The monoisotopic (exact) mass is 276 g/mol. The molecule has 2 unspecified atom stereocenters. The number of benzene rings is 1. The molecule has 2 atom stereocenters. The average molecular weight is 276 g/mol. The third-order valence-corrected chi connectivity index (χ3v) is 5.55. The Balaban J connectivity index is 1.81. The molecule has 3 rings (SSSR count). The SMILES string of the molecule is NNC(Cc1cccs1)C1CSc2ccccc21. The van der Waals surface area contributed by atoms with E-state index in [9.17, 15) is 0 Å². The molecule has 0 radical (unpaired) electrons. The Bertz CT molecular complexity index is 510. The summed E-state index contributed by atoms with van der Waals surface area (Å²) in [7, 11) is 0. The van der Waals surface area contributed by atoms with Gasteiger partial charge in [-0.3, -0.25) is 11.3 Å². The van der Waals surface area contributed by atoms with E-state index in [1.54, 1.807) is 11.3 Å². The highest BCUT2D eigenvalue weighted by Crippen LogP contribution is 2.41. The predicted octanol–water partition coefficient (Wildman–Crippen LogP) is 3.01. The second-order valence-electron chi connectivity index (χ2n) is 4.51. The summed E-state index contributed by atoms with van der Waals surface area (Å²) in [6, 6.07) is 13.3. The molecule has 1 aromatic heterocycles. The molecule has 0 bridgehead atoms. The minimum absolute atomic E-state index is 0.319. The van der Waals surface area contributed by atoms with E-state index >= 15 is 0 Å². The van der Waals surface area contributed by atoms with Crippen molar-refractivity contribution in [3.8, 4) is 0 Å². The van der Waals surface area contributed by atoms with Crippen molar-refractivity contribution < 1.29 is 0 Å². The van der Waals surface area contributed by atoms with Crippen molar-refractivity contribution in [3.63, 3.8) is 0 Å². The molecule has 94 valence electrons. The van der Waals surface area contributed by atoms with Crippen molar-refractivity contribution >= 4 is 23.1 Å². The van der Waals surface area contributed by atoms with Gasteiger partial charge < -0.3 is 0 Å². The van der Waals surface area contributed by atoms with Crippen LogP contribution in [0.5, 0.6) is 0 Å². The van der Waals surface area contributed by atoms with Crippen LogP contribution in [-0.4, -0.2) is 11.8 Å². The highest BCUT2D eigenvalue weighted by atomic mass is 32.2. The summed E-state index contributed by atoms with van der Waals surface area (Å²) in [4.78, 5) is 2.81. The van der Waals surface area contributed by atoms with E-state index in [0.29, 0.717) is 12.0 Å². The maximum Gasteiger partial charge on any atom is 0.0335 e. The number of nitrogens with two attached hydrogens (primary N) is 1. The van der Waals surface area contributed by atoms with E-state index in [2.05, 4.69) is 47.2 Å². The van der Waals surface area contributed by atoms with E-state index in [1.165, 1.54) is 15.3 Å². The second kappa shape index (κ2) is 5.45. The molecule has 1 aromatic carbocycles. The summed E-state index contributed by atoms with van der Waals surface area (Å²) in [6.07, 6.45) is 1.01. The van der Waals surface area contributed by atoms with Crippen LogP contribution < -0.4 is 11.3 Å². The molecule has 0 fully saturated rings. The number of fused-ring (bicyclic) bond motifs is 1. The summed E-state index contributed by atoms with van der Waals surface area (Å²) >= 11 is 3.74. The molecule has 1 aliphatic heterocycles. The van der Waals surface area contributed by atoms with Gasteiger partial charge in [-0.25, -0.2) is 0 Å². The normalized spacial score (nSPS) is 19.7. The van der Waals surface area contributed by atoms with Crippen molar-refractivity contribution in [2.75, 3.05) is 5.75 Å². The predicted molar refractivity (Wildman–Crippen MR) is 79.0 cm³/mol. The van der Waals surface area contributed by atoms with Crippen LogP contribution in [0.4, 0.5) is 0 Å². The molecule has 18 heavy (non-hydrogen) atoms. The summed E-state index contributed by atoms with van der Waals surface area (Å²) in [5.41, 5.74) is 4.46. The lowest BCUT2D eigenvalue weighted by Crippen LogP contribution is -2.41. The Morgan fingerprint density at radius 3 is 2.94 bits per heavy atom. The zero-order chi connectivity index (χ0) is 12.4. The summed E-state index contributed by atoms with van der Waals surface area (Å²) in [6.45, 7) is 0. The molecule has 2 aromatic rings. The Hall–Kier alpha value is -0.810. The first-order valence-electron chi connectivity index (χ1n) is 6.08. The van der Waals surface area contributed by atoms with Crippen LogP contribution in [0.2, 0.25) is 0 Å². The van der Waals surface area contributed by atoms with E-state index in [-0.39, 0.29) is 0 Å². The lowest BCUT2D eigenvalue weighted by atomic mass is 9.91. The Morgan fingerprint density at radius 1 is 1.28 bits per heavy atom. The van der Waals surface area contributed by atoms with E-state index in [0.717, 1.165) is 12.2 Å². The fourth-order valence-corrected chi connectivity index (χ4v) is 4.58. The van der Waals surface area contributed by atoms with Crippen LogP contribution in [-0.2, 0) is 6.42 Å². The van der Waals surface area contributed by atoms with Crippen molar-refractivity contribution in [3.05, 3.63) is 52.2 Å². The van der Waals surface area contributed by atoms with Crippen molar-refractivity contribution in [2.24, 2.45) is 5.84 Å². The van der Waals surface area contributed by atoms with Gasteiger partial charge in [-0.15, -0.1) is 23.1 Å². The molecular weight excluding hydrogens is 260 g/mol. The van der Waals surface area contributed by atoms with Gasteiger partial charge in [0.05, 0.1) is 0 Å². The quantitative estimate of drug-likeness (QED) is 0.666. The largest absolute Gasteiger partial charge is 0.271 e. The number of thioether (sulfide) groups is 1. The maximum atomic E-state index is 5.77. The van der Waals surface area contributed by atoms with E-state index in [4.69, 9.17) is 5.84 Å². The van der Waals surface area contributed by atoms with Gasteiger partial charge in [-0.05, 0) is 29.5 Å². The first kappa shape index (κ1) is 12.2. The molecule has 3 N–H and O–H groups in total. The summed E-state index contributed by atoms with van der Waals surface area (Å²) in [5.74, 6) is 7.41. The van der Waals surface area contributed by atoms with Gasteiger partial charge in [0.1, 0.15) is 0 Å². The topological polar surface area (TPSA) is 38.0 Å². The Morgan fingerprint density at radius 2 is 2.17 bits per heavy atom. The highest BCUT2D eigenvalue weighted by molar-refractivity contribution is 7.99. The number of rotatable bonds is 4. The summed E-state index contributed by atoms with van der Waals surface area (Å²) in [5, 5.41) is 2.13. The van der Waals surface area contributed by atoms with Crippen LogP contribution in [0.3, 0.4) is 0 Å². The van der Waals surface area contributed by atoms with Crippen LogP contribution >= 0.6 is 23.1 Å². The molecule has 2 heterocycles. The van der Waals surface area contributed by atoms with Crippen LogP contribution in [0.1, 0.15) is 16.4 Å². The van der Waals surface area contributed by atoms with Gasteiger partial charge in [-0.1, -0.05) is 24.3 Å². The minimum atomic E-state index is 0.319. The van der Waals surface area contributed by atoms with Gasteiger partial charge >= 0.3 is 0 Å². The lowest BCUT2D eigenvalue weighted by molar-refractivity contribution is 0.465. The lowest BCUT2D eigenvalue weighted by Gasteiger charge is -2.22. The number of nitrogens with one attached hydrogen (secondary N) is 1. The molecule has 0 spiro atoms. The third-order valence-electron chi connectivity index (χ3n) is 3.44. The van der Waals surface area contributed by atoms with Gasteiger partial charge in [0.15, 0.2) is 0 Å². The molecule has 0 saturated heterocycles. The first-order valence-corrected chi connectivity index (χ1v) is 7.95. The molecular formula is C14H16N2S2. The van der Waals surface area contributed by atoms with Gasteiger partial charge in [-0.2, -0.15) is 0 Å². The summed E-state index contributed by atoms with van der Waals surface area (Å²) < 4.78 is 0. The van der Waals surface area contributed by atoms with E-state index in [1.807, 2.05) is 11.8 Å². The standard InChI is InChI=1S/C14H16N2S2/c15-16-13(8-10-4-3-7-17-10)12-9-18-14-6-2-1-5-11(12)14/h1-7,12-13,16H,8-9,15H2. The van der Waals surface area contributed by atoms with Crippen molar-refractivity contribution in [1.82, 2.24) is 5.43 Å². The van der Waals surface area contributed by atoms with Gasteiger partial charge in [0.2, 0.25) is 0 Å². The molecule has 0 aliphatic carbocycles. The van der Waals surface area contributed by atoms with Crippen molar-refractivity contribution in [2.45, 2.75) is 23.3 Å². The molecule has 2 nitrogen and oxygen atoms in total. The van der Waals surface area contributed by atoms with Crippen LogP contribution in [0.15, 0.2) is 46.7 Å². The molecule has 4 heteroatoms. The fourth-order valence-electron chi connectivity index (χ4n) is 2.48. The van der Waals surface area contributed by atoms with Crippen molar-refractivity contribution in [1.29, 1.82) is 0 Å². The maximum absolute atomic E-state index is 5.77. The van der Waals surface area contributed by atoms with Crippen LogP contribution in [0, 0.1) is 0 Å². The number of hydrogen-bond acceptors (Lipinski definition) is 4. The average Bonchev–Trinajstić information content (AvgIpc) is 3.05. The molecule has 0 amide bonds. The zero-order valence-corrected chi connectivity index (χ0v) is 11.6. The number of hydrazine groups is 1. The smallest absolute Gasteiger partial charge is 0.0335 e. The highest BCUT2D eigenvalue weighted by Gasteiger charge is 2.29. The minimum Gasteiger partial charge on any atom is -0.271 e. The number of thiophene rings is 1. The molecule has 0 saturated carbocycles. The third kappa shape index (κ3) is 2.34. The van der Waals surface area contributed by atoms with E-state index < -0.39 is 0 Å². The Kier molecular flexibility index (Phi) is 3.70. The second-order valence-corrected chi connectivity index (χ2v) is 6.61. The van der Waals surface area contributed by atoms with Crippen LogP contribution in [0.25, 0.3) is 0 Å². The molecule has 1 aliphatic rings. The van der Waals surface area contributed by atoms with Gasteiger partial charge in [0, 0.05) is 27.5 Å². The zero-order valence-electron chi connectivity index (χ0n) is 10.0. The number of hydrogen-bond donors (Lipinski definition) is 2. The Labute approximate surface area is 116 Å². The van der Waals surface area contributed by atoms with Gasteiger partial charge in [0.25, 0.3) is 0 Å². The fraction of sp³-hybridized carbons (Fsp3) is 0.286.